The van der Waals surface area contributed by atoms with Gasteiger partial charge >= 0.3 is 0 Å². The number of anilines is 2. The second kappa shape index (κ2) is 13.9. The molecule has 2 atom stereocenters. The van der Waals surface area contributed by atoms with E-state index in [4.69, 9.17) is 0 Å². The molecule has 0 bridgehead atoms. The van der Waals surface area contributed by atoms with Gasteiger partial charge in [-0.25, -0.2) is 0 Å². The molecule has 1 spiro atoms. The number of para-hydroxylation sites is 1. The van der Waals surface area contributed by atoms with Crippen LogP contribution in [0, 0.1) is 5.92 Å². The Morgan fingerprint density at radius 3 is 1.79 bits per heavy atom. The summed E-state index contributed by atoms with van der Waals surface area (Å²) >= 11 is 0. The summed E-state index contributed by atoms with van der Waals surface area (Å²) in [6.45, 7) is 2.42. The summed E-state index contributed by atoms with van der Waals surface area (Å²) in [6.07, 6.45) is 9.50. The van der Waals surface area contributed by atoms with Crippen molar-refractivity contribution in [3.05, 3.63) is 280 Å². The minimum absolute atomic E-state index is 0.0749. The van der Waals surface area contributed by atoms with E-state index in [0.717, 1.165) is 24.2 Å². The van der Waals surface area contributed by atoms with Gasteiger partial charge < -0.3 is 4.90 Å². The first-order valence-corrected chi connectivity index (χ1v) is 21.8. The van der Waals surface area contributed by atoms with Gasteiger partial charge in [0.15, 0.2) is 0 Å². The predicted octanol–water partition coefficient (Wildman–Crippen LogP) is 14.6. The number of aryl methyl sites for hydroxylation is 1. The van der Waals surface area contributed by atoms with Crippen molar-refractivity contribution in [2.45, 2.75) is 30.6 Å². The Morgan fingerprint density at radius 2 is 1.05 bits per heavy atom. The van der Waals surface area contributed by atoms with Crippen LogP contribution in [0.2, 0.25) is 0 Å². The van der Waals surface area contributed by atoms with Gasteiger partial charge in [-0.05, 0) is 115 Å². The first-order chi connectivity index (χ1) is 30.2. The molecular weight excluding hydrogens is 735 g/mol. The molecule has 61 heavy (non-hydrogen) atoms. The van der Waals surface area contributed by atoms with E-state index in [1.54, 1.807) is 0 Å². The quantitative estimate of drug-likeness (QED) is 0.162. The van der Waals surface area contributed by atoms with E-state index in [9.17, 15) is 0 Å². The van der Waals surface area contributed by atoms with Crippen molar-refractivity contribution >= 4 is 16.9 Å². The number of benzene rings is 8. The standard InChI is InChI=1S/C60H45N/c1-41-39-46(34-36-52-50-28-13-17-31-55(50)60(58(41)52,44-22-7-3-8-23-44)45-24-9-4-10-25-45)61(57-32-18-14-26-48(57)42-19-5-2-6-20-42)47-33-35-51-49-27-12-16-30-54(49)59(56(51)40-47)38-37-43-21-11-15-29-53(43)59/h2-36,39-41H,37-38H2,1H3/t41-,59?/m0/s1. The van der Waals surface area contributed by atoms with Gasteiger partial charge in [-0.2, -0.15) is 0 Å². The molecule has 8 aromatic rings. The number of hydrogen-bond donors (Lipinski definition) is 0. The molecular formula is C60H45N. The van der Waals surface area contributed by atoms with Gasteiger partial charge in [0, 0.05) is 22.4 Å². The molecule has 1 heteroatoms. The second-order valence-corrected chi connectivity index (χ2v) is 17.1. The van der Waals surface area contributed by atoms with Gasteiger partial charge in [0.2, 0.25) is 0 Å². The number of hydrogen-bond acceptors (Lipinski definition) is 1. The molecule has 0 heterocycles. The molecule has 12 rings (SSSR count). The number of nitrogens with zero attached hydrogens (tertiary/aromatic N) is 1. The highest BCUT2D eigenvalue weighted by Gasteiger charge is 2.50. The van der Waals surface area contributed by atoms with Crippen LogP contribution in [0.1, 0.15) is 57.9 Å². The average molecular weight is 780 g/mol. The molecule has 0 saturated heterocycles. The van der Waals surface area contributed by atoms with E-state index in [2.05, 4.69) is 236 Å². The smallest absolute Gasteiger partial charge is 0.0682 e. The third-order valence-electron chi connectivity index (χ3n) is 14.2. The number of allylic oxidation sites excluding steroid dienone is 5. The van der Waals surface area contributed by atoms with E-state index < -0.39 is 5.41 Å². The van der Waals surface area contributed by atoms with Crippen molar-refractivity contribution in [2.75, 3.05) is 4.90 Å². The maximum absolute atomic E-state index is 2.55. The molecule has 0 radical (unpaired) electrons. The highest BCUT2D eigenvalue weighted by atomic mass is 15.1. The SMILES string of the molecule is C[C@H]1C=C(N(c2ccc3c(c2)C2(CCc4ccccc42)c2ccccc2-3)c2ccccc2-c2ccccc2)C=CC2=C1C(c1ccccc1)(c1ccccc1)c1ccccc12. The van der Waals surface area contributed by atoms with Crippen LogP contribution in [0.25, 0.3) is 27.8 Å². The Morgan fingerprint density at radius 1 is 0.475 bits per heavy atom. The summed E-state index contributed by atoms with van der Waals surface area (Å²) in [5.41, 5.74) is 21.7. The van der Waals surface area contributed by atoms with E-state index in [0.29, 0.717) is 0 Å². The van der Waals surface area contributed by atoms with Crippen molar-refractivity contribution in [2.24, 2.45) is 5.92 Å². The second-order valence-electron chi connectivity index (χ2n) is 17.1. The molecule has 4 aliphatic rings. The van der Waals surface area contributed by atoms with Crippen LogP contribution in [0.4, 0.5) is 11.4 Å². The molecule has 1 unspecified atom stereocenters. The largest absolute Gasteiger partial charge is 0.310 e. The van der Waals surface area contributed by atoms with Gasteiger partial charge in [-0.1, -0.05) is 207 Å². The zero-order chi connectivity index (χ0) is 40.5. The fourth-order valence-corrected chi connectivity index (χ4v) is 11.8. The van der Waals surface area contributed by atoms with Gasteiger partial charge in [0.25, 0.3) is 0 Å². The van der Waals surface area contributed by atoms with Crippen molar-refractivity contribution in [1.82, 2.24) is 0 Å². The number of rotatable bonds is 6. The topological polar surface area (TPSA) is 3.24 Å². The minimum Gasteiger partial charge on any atom is -0.310 e. The van der Waals surface area contributed by atoms with Crippen LogP contribution in [0.15, 0.2) is 236 Å². The fourth-order valence-electron chi connectivity index (χ4n) is 11.8. The zero-order valence-electron chi connectivity index (χ0n) is 34.3. The van der Waals surface area contributed by atoms with Crippen molar-refractivity contribution in [1.29, 1.82) is 0 Å². The lowest BCUT2D eigenvalue weighted by atomic mass is 9.64. The zero-order valence-corrected chi connectivity index (χ0v) is 34.3. The first kappa shape index (κ1) is 35.7. The summed E-state index contributed by atoms with van der Waals surface area (Å²) in [5, 5.41) is 0. The number of fused-ring (bicyclic) bond motifs is 9. The summed E-state index contributed by atoms with van der Waals surface area (Å²) in [4.78, 5) is 2.55. The lowest BCUT2D eigenvalue weighted by Crippen LogP contribution is -2.32. The maximum Gasteiger partial charge on any atom is 0.0682 e. The van der Waals surface area contributed by atoms with Crippen LogP contribution in [-0.4, -0.2) is 0 Å². The Hall–Kier alpha value is -7.22. The van der Waals surface area contributed by atoms with Crippen LogP contribution in [0.3, 0.4) is 0 Å². The highest BCUT2D eigenvalue weighted by Crippen LogP contribution is 2.61. The molecule has 8 aromatic carbocycles. The lowest BCUT2D eigenvalue weighted by Gasteiger charge is -2.38. The van der Waals surface area contributed by atoms with E-state index >= 15 is 0 Å². The predicted molar refractivity (Wildman–Crippen MR) is 253 cm³/mol. The first-order valence-electron chi connectivity index (χ1n) is 21.8. The van der Waals surface area contributed by atoms with Crippen LogP contribution < -0.4 is 4.90 Å². The van der Waals surface area contributed by atoms with Crippen LogP contribution >= 0.6 is 0 Å². The Labute approximate surface area is 359 Å². The molecule has 290 valence electrons. The maximum atomic E-state index is 2.55. The lowest BCUT2D eigenvalue weighted by molar-refractivity contribution is 0.626. The molecule has 0 aromatic heterocycles. The normalized spacial score (nSPS) is 18.8. The van der Waals surface area contributed by atoms with Gasteiger partial charge in [0.05, 0.1) is 11.1 Å². The Balaban J connectivity index is 1.10. The van der Waals surface area contributed by atoms with Crippen LogP contribution in [0.5, 0.6) is 0 Å². The summed E-state index contributed by atoms with van der Waals surface area (Å²) in [6, 6.07) is 77.0. The fraction of sp³-hybridized carbons (Fsp3) is 0.100. The summed E-state index contributed by atoms with van der Waals surface area (Å²) < 4.78 is 0. The van der Waals surface area contributed by atoms with Crippen LogP contribution in [-0.2, 0) is 17.3 Å². The molecule has 4 aliphatic carbocycles. The minimum atomic E-state index is -0.460. The van der Waals surface area contributed by atoms with E-state index in [1.165, 1.54) is 83.6 Å². The molecule has 1 nitrogen and oxygen atoms in total. The monoisotopic (exact) mass is 779 g/mol. The Bertz CT molecular complexity index is 3060. The molecule has 0 fully saturated rings. The summed E-state index contributed by atoms with van der Waals surface area (Å²) in [7, 11) is 0. The van der Waals surface area contributed by atoms with Gasteiger partial charge in [-0.15, -0.1) is 0 Å². The Kier molecular flexibility index (Phi) is 8.15. The van der Waals surface area contributed by atoms with Crippen molar-refractivity contribution < 1.29 is 0 Å². The average Bonchev–Trinajstić information content (AvgIpc) is 3.92. The van der Waals surface area contributed by atoms with Crippen molar-refractivity contribution in [3.8, 4) is 22.3 Å². The van der Waals surface area contributed by atoms with E-state index in [1.807, 2.05) is 0 Å². The highest BCUT2D eigenvalue weighted by molar-refractivity contribution is 5.94. The third-order valence-corrected chi connectivity index (χ3v) is 14.2. The molecule has 0 amide bonds. The molecule has 0 aliphatic heterocycles. The van der Waals surface area contributed by atoms with E-state index in [-0.39, 0.29) is 11.3 Å². The van der Waals surface area contributed by atoms with Gasteiger partial charge in [0.1, 0.15) is 0 Å². The molecule has 0 saturated carbocycles. The summed E-state index contributed by atoms with van der Waals surface area (Å²) in [5.74, 6) is 0.0749. The van der Waals surface area contributed by atoms with Crippen molar-refractivity contribution in [3.63, 3.8) is 0 Å². The molecule has 0 N–H and O–H groups in total. The third kappa shape index (κ3) is 5.14. The van der Waals surface area contributed by atoms with Gasteiger partial charge in [-0.3, -0.25) is 0 Å².